The lowest BCUT2D eigenvalue weighted by molar-refractivity contribution is -0.145. The number of hydrogen-bond donors (Lipinski definition) is 0. The standard InChI is InChI=1S/C11H23NO2/c1-6-10(7-2)12(4)8-9(3)11(13)14-5/h9-10H,6-8H2,1-5H3. The molecular weight excluding hydrogens is 178 g/mol. The Hall–Kier alpha value is -0.570. The minimum Gasteiger partial charge on any atom is -0.469 e. The zero-order chi connectivity index (χ0) is 11.1. The van der Waals surface area contributed by atoms with E-state index in [1.54, 1.807) is 0 Å². The highest BCUT2D eigenvalue weighted by Crippen LogP contribution is 2.09. The van der Waals surface area contributed by atoms with Gasteiger partial charge in [-0.05, 0) is 19.9 Å². The van der Waals surface area contributed by atoms with Crippen molar-refractivity contribution in [1.82, 2.24) is 4.90 Å². The molecule has 0 spiro atoms. The molecule has 1 unspecified atom stereocenters. The van der Waals surface area contributed by atoms with E-state index in [9.17, 15) is 4.79 Å². The Labute approximate surface area is 87.4 Å². The fraction of sp³-hybridized carbons (Fsp3) is 0.909. The number of hydrogen-bond acceptors (Lipinski definition) is 3. The van der Waals surface area contributed by atoms with Crippen LogP contribution < -0.4 is 0 Å². The highest BCUT2D eigenvalue weighted by atomic mass is 16.5. The lowest BCUT2D eigenvalue weighted by atomic mass is 10.1. The Morgan fingerprint density at radius 2 is 1.86 bits per heavy atom. The molecule has 1 atom stereocenters. The van der Waals surface area contributed by atoms with Crippen LogP contribution in [-0.4, -0.2) is 37.6 Å². The van der Waals surface area contributed by atoms with Gasteiger partial charge in [0, 0.05) is 12.6 Å². The van der Waals surface area contributed by atoms with E-state index < -0.39 is 0 Å². The number of carbonyl (C=O) groups excluding carboxylic acids is 1. The highest BCUT2D eigenvalue weighted by Gasteiger charge is 2.18. The van der Waals surface area contributed by atoms with Crippen LogP contribution in [-0.2, 0) is 9.53 Å². The first-order valence-electron chi connectivity index (χ1n) is 5.34. The van der Waals surface area contributed by atoms with Gasteiger partial charge in [0.25, 0.3) is 0 Å². The molecule has 0 fully saturated rings. The van der Waals surface area contributed by atoms with Gasteiger partial charge in [0.1, 0.15) is 0 Å². The molecule has 0 rings (SSSR count). The molecule has 0 aromatic heterocycles. The van der Waals surface area contributed by atoms with Gasteiger partial charge in [0.15, 0.2) is 0 Å². The molecule has 0 N–H and O–H groups in total. The van der Waals surface area contributed by atoms with E-state index >= 15 is 0 Å². The maximum absolute atomic E-state index is 11.2. The maximum atomic E-state index is 11.2. The van der Waals surface area contributed by atoms with Crippen molar-refractivity contribution in [3.8, 4) is 0 Å². The Morgan fingerprint density at radius 3 is 2.21 bits per heavy atom. The molecule has 84 valence electrons. The summed E-state index contributed by atoms with van der Waals surface area (Å²) in [4.78, 5) is 13.4. The van der Waals surface area contributed by atoms with Crippen molar-refractivity contribution in [3.05, 3.63) is 0 Å². The van der Waals surface area contributed by atoms with Gasteiger partial charge in [-0.25, -0.2) is 0 Å². The van der Waals surface area contributed by atoms with Crippen molar-refractivity contribution in [2.45, 2.75) is 39.7 Å². The summed E-state index contributed by atoms with van der Waals surface area (Å²) in [6, 6.07) is 0.571. The van der Waals surface area contributed by atoms with Crippen LogP contribution in [0.2, 0.25) is 0 Å². The molecule has 0 aromatic rings. The van der Waals surface area contributed by atoms with Gasteiger partial charge in [0.2, 0.25) is 0 Å². The number of rotatable bonds is 6. The van der Waals surface area contributed by atoms with E-state index in [0.717, 1.165) is 19.4 Å². The zero-order valence-corrected chi connectivity index (χ0v) is 10.0. The van der Waals surface area contributed by atoms with Crippen LogP contribution in [0.5, 0.6) is 0 Å². The summed E-state index contributed by atoms with van der Waals surface area (Å²) in [7, 11) is 3.51. The number of ether oxygens (including phenoxy) is 1. The average Bonchev–Trinajstić information content (AvgIpc) is 2.18. The molecule has 0 radical (unpaired) electrons. The van der Waals surface area contributed by atoms with E-state index in [1.807, 2.05) is 6.92 Å². The van der Waals surface area contributed by atoms with Crippen LogP contribution in [0.3, 0.4) is 0 Å². The first-order valence-corrected chi connectivity index (χ1v) is 5.34. The molecule has 0 amide bonds. The average molecular weight is 201 g/mol. The summed E-state index contributed by atoms with van der Waals surface area (Å²) >= 11 is 0. The normalized spacial score (nSPS) is 13.4. The molecule has 0 heterocycles. The topological polar surface area (TPSA) is 29.5 Å². The van der Waals surface area contributed by atoms with Crippen molar-refractivity contribution in [2.24, 2.45) is 5.92 Å². The summed E-state index contributed by atoms with van der Waals surface area (Å²) in [6.45, 7) is 7.03. The number of carbonyl (C=O) groups is 1. The maximum Gasteiger partial charge on any atom is 0.309 e. The monoisotopic (exact) mass is 201 g/mol. The molecule has 3 heteroatoms. The van der Waals surface area contributed by atoms with Crippen molar-refractivity contribution < 1.29 is 9.53 Å². The van der Waals surface area contributed by atoms with Gasteiger partial charge < -0.3 is 9.64 Å². The molecular formula is C11H23NO2. The van der Waals surface area contributed by atoms with Gasteiger partial charge >= 0.3 is 5.97 Å². The van der Waals surface area contributed by atoms with E-state index in [0.29, 0.717) is 6.04 Å². The van der Waals surface area contributed by atoms with Gasteiger partial charge in [-0.3, -0.25) is 4.79 Å². The van der Waals surface area contributed by atoms with E-state index in [1.165, 1.54) is 7.11 Å². The van der Waals surface area contributed by atoms with E-state index in [2.05, 4.69) is 25.8 Å². The van der Waals surface area contributed by atoms with Gasteiger partial charge in [-0.1, -0.05) is 20.8 Å². The Morgan fingerprint density at radius 1 is 1.36 bits per heavy atom. The third-order valence-corrected chi connectivity index (χ3v) is 2.73. The second-order valence-corrected chi connectivity index (χ2v) is 3.83. The lowest BCUT2D eigenvalue weighted by Crippen LogP contribution is -2.36. The molecule has 3 nitrogen and oxygen atoms in total. The van der Waals surface area contributed by atoms with Gasteiger partial charge in [-0.15, -0.1) is 0 Å². The van der Waals surface area contributed by atoms with Crippen LogP contribution in [0, 0.1) is 5.92 Å². The summed E-state index contributed by atoms with van der Waals surface area (Å²) in [5.74, 6) is -0.159. The summed E-state index contributed by atoms with van der Waals surface area (Å²) < 4.78 is 4.69. The number of methoxy groups -OCH3 is 1. The number of nitrogens with zero attached hydrogens (tertiary/aromatic N) is 1. The smallest absolute Gasteiger partial charge is 0.309 e. The van der Waals surface area contributed by atoms with Crippen LogP contribution >= 0.6 is 0 Å². The van der Waals surface area contributed by atoms with Crippen LogP contribution in [0.15, 0.2) is 0 Å². The lowest BCUT2D eigenvalue weighted by Gasteiger charge is -2.27. The van der Waals surface area contributed by atoms with Crippen molar-refractivity contribution in [2.75, 3.05) is 20.7 Å². The second-order valence-electron chi connectivity index (χ2n) is 3.83. The third-order valence-electron chi connectivity index (χ3n) is 2.73. The van der Waals surface area contributed by atoms with Crippen LogP contribution in [0.4, 0.5) is 0 Å². The van der Waals surface area contributed by atoms with E-state index in [-0.39, 0.29) is 11.9 Å². The zero-order valence-electron chi connectivity index (χ0n) is 10.0. The quantitative estimate of drug-likeness (QED) is 0.615. The summed E-state index contributed by atoms with van der Waals surface area (Å²) in [5.41, 5.74) is 0. The Balaban J connectivity index is 4.03. The predicted molar refractivity (Wildman–Crippen MR) is 58.2 cm³/mol. The molecule has 0 aromatic carbocycles. The van der Waals surface area contributed by atoms with Crippen molar-refractivity contribution in [1.29, 1.82) is 0 Å². The first kappa shape index (κ1) is 13.4. The molecule has 0 bridgehead atoms. The molecule has 14 heavy (non-hydrogen) atoms. The van der Waals surface area contributed by atoms with Gasteiger partial charge in [-0.2, -0.15) is 0 Å². The minimum atomic E-state index is -0.122. The second kappa shape index (κ2) is 6.82. The Bertz CT molecular complexity index is 167. The number of esters is 1. The van der Waals surface area contributed by atoms with Crippen LogP contribution in [0.1, 0.15) is 33.6 Å². The van der Waals surface area contributed by atoms with Crippen molar-refractivity contribution in [3.63, 3.8) is 0 Å². The minimum absolute atomic E-state index is 0.0365. The molecule has 0 saturated heterocycles. The van der Waals surface area contributed by atoms with E-state index in [4.69, 9.17) is 4.74 Å². The summed E-state index contributed by atoms with van der Waals surface area (Å²) in [6.07, 6.45) is 2.25. The molecule has 0 saturated carbocycles. The molecule has 0 aliphatic heterocycles. The van der Waals surface area contributed by atoms with Crippen molar-refractivity contribution >= 4 is 5.97 Å². The van der Waals surface area contributed by atoms with Gasteiger partial charge in [0.05, 0.1) is 13.0 Å². The largest absolute Gasteiger partial charge is 0.469 e. The first-order chi connectivity index (χ1) is 6.56. The third kappa shape index (κ3) is 4.09. The molecule has 0 aliphatic rings. The highest BCUT2D eigenvalue weighted by molar-refractivity contribution is 5.72. The fourth-order valence-electron chi connectivity index (χ4n) is 1.77. The molecule has 0 aliphatic carbocycles. The fourth-order valence-corrected chi connectivity index (χ4v) is 1.77. The van der Waals surface area contributed by atoms with Crippen LogP contribution in [0.25, 0.3) is 0 Å². The Kier molecular flexibility index (Phi) is 6.54. The summed E-state index contributed by atoms with van der Waals surface area (Å²) in [5, 5.41) is 0. The SMILES string of the molecule is CCC(CC)N(C)CC(C)C(=O)OC. The predicted octanol–water partition coefficient (Wildman–Crippen LogP) is 1.92.